The van der Waals surface area contributed by atoms with E-state index in [1.165, 1.54) is 22.5 Å². The van der Waals surface area contributed by atoms with E-state index in [0.29, 0.717) is 24.2 Å². The number of hydrogen-bond donors (Lipinski definition) is 0. The van der Waals surface area contributed by atoms with Crippen molar-refractivity contribution < 1.29 is 4.79 Å². The predicted octanol–water partition coefficient (Wildman–Crippen LogP) is 5.39. The lowest BCUT2D eigenvalue weighted by molar-refractivity contribution is -0.117. The molecule has 0 unspecified atom stereocenters. The van der Waals surface area contributed by atoms with Crippen LogP contribution < -0.4 is 5.56 Å². The molecule has 0 radical (unpaired) electrons. The Morgan fingerprint density at radius 1 is 1.03 bits per heavy atom. The number of rotatable bonds is 5. The fourth-order valence-electron chi connectivity index (χ4n) is 3.43. The smallest absolute Gasteiger partial charge is 0.263 e. The largest absolute Gasteiger partial charge is 0.300 e. The zero-order valence-electron chi connectivity index (χ0n) is 16.7. The highest BCUT2D eigenvalue weighted by Crippen LogP contribution is 2.33. The van der Waals surface area contributed by atoms with Crippen molar-refractivity contribution in [1.29, 1.82) is 0 Å². The van der Waals surface area contributed by atoms with Gasteiger partial charge in [-0.05, 0) is 37.5 Å². The Hall–Kier alpha value is -3.05. The van der Waals surface area contributed by atoms with Gasteiger partial charge < -0.3 is 0 Å². The van der Waals surface area contributed by atoms with Crippen LogP contribution in [0, 0.1) is 13.8 Å². The minimum absolute atomic E-state index is 0.0516. The molecule has 4 nitrogen and oxygen atoms in total. The molecule has 0 aliphatic heterocycles. The van der Waals surface area contributed by atoms with E-state index < -0.39 is 0 Å². The SMILES string of the molecule is CC(=O)CCn1c(-c2ccccc2)nc2scc(-c3ccc(C)c(C)c3)c2c1=O. The number of carbonyl (C=O) groups is 1. The molecule has 29 heavy (non-hydrogen) atoms. The van der Waals surface area contributed by atoms with Gasteiger partial charge in [-0.3, -0.25) is 14.2 Å². The molecule has 0 N–H and O–H groups in total. The molecule has 0 atom stereocenters. The zero-order valence-corrected chi connectivity index (χ0v) is 17.5. The van der Waals surface area contributed by atoms with E-state index >= 15 is 0 Å². The molecule has 5 heteroatoms. The van der Waals surface area contributed by atoms with E-state index in [4.69, 9.17) is 4.98 Å². The number of aromatic nitrogens is 2. The molecule has 2 aromatic heterocycles. The van der Waals surface area contributed by atoms with Crippen LogP contribution in [-0.4, -0.2) is 15.3 Å². The van der Waals surface area contributed by atoms with E-state index in [9.17, 15) is 9.59 Å². The molecule has 0 spiro atoms. The first-order valence-corrected chi connectivity index (χ1v) is 10.5. The summed E-state index contributed by atoms with van der Waals surface area (Å²) in [6.45, 7) is 6.02. The number of ketones is 1. The van der Waals surface area contributed by atoms with Gasteiger partial charge in [-0.25, -0.2) is 4.98 Å². The Balaban J connectivity index is 1.97. The van der Waals surface area contributed by atoms with Crippen molar-refractivity contribution >= 4 is 27.3 Å². The molecule has 2 aromatic carbocycles. The molecule has 0 amide bonds. The summed E-state index contributed by atoms with van der Waals surface area (Å²) >= 11 is 1.48. The fraction of sp³-hybridized carbons (Fsp3) is 0.208. The summed E-state index contributed by atoms with van der Waals surface area (Å²) < 4.78 is 1.65. The van der Waals surface area contributed by atoms with E-state index in [1.54, 1.807) is 11.5 Å². The number of fused-ring (bicyclic) bond motifs is 1. The highest BCUT2D eigenvalue weighted by molar-refractivity contribution is 7.17. The average Bonchev–Trinajstić information content (AvgIpc) is 3.14. The van der Waals surface area contributed by atoms with Crippen LogP contribution >= 0.6 is 11.3 Å². The minimum atomic E-state index is -0.0930. The summed E-state index contributed by atoms with van der Waals surface area (Å²) in [7, 11) is 0. The van der Waals surface area contributed by atoms with Crippen molar-refractivity contribution in [2.75, 3.05) is 0 Å². The van der Waals surface area contributed by atoms with Crippen LogP contribution in [0.2, 0.25) is 0 Å². The summed E-state index contributed by atoms with van der Waals surface area (Å²) in [6.07, 6.45) is 0.302. The summed E-state index contributed by atoms with van der Waals surface area (Å²) in [5.74, 6) is 0.661. The fourth-order valence-corrected chi connectivity index (χ4v) is 4.37. The van der Waals surface area contributed by atoms with Gasteiger partial charge in [0.25, 0.3) is 5.56 Å². The number of nitrogens with zero attached hydrogens (tertiary/aromatic N) is 2. The van der Waals surface area contributed by atoms with Gasteiger partial charge in [-0.15, -0.1) is 11.3 Å². The van der Waals surface area contributed by atoms with Crippen LogP contribution in [0.3, 0.4) is 0 Å². The highest BCUT2D eigenvalue weighted by atomic mass is 32.1. The average molecular weight is 403 g/mol. The Labute approximate surface area is 173 Å². The van der Waals surface area contributed by atoms with E-state index in [2.05, 4.69) is 26.0 Å². The lowest BCUT2D eigenvalue weighted by atomic mass is 10.0. The second kappa shape index (κ2) is 7.76. The Bertz CT molecular complexity index is 1270. The molecule has 0 bridgehead atoms. The third kappa shape index (κ3) is 3.66. The number of benzene rings is 2. The van der Waals surface area contributed by atoms with Crippen molar-refractivity contribution in [3.05, 3.63) is 75.4 Å². The molecule has 4 aromatic rings. The second-order valence-corrected chi connectivity index (χ2v) is 8.20. The van der Waals surface area contributed by atoms with Crippen molar-refractivity contribution in [1.82, 2.24) is 9.55 Å². The van der Waals surface area contributed by atoms with E-state index in [-0.39, 0.29) is 11.3 Å². The Morgan fingerprint density at radius 2 is 1.79 bits per heavy atom. The highest BCUT2D eigenvalue weighted by Gasteiger charge is 2.18. The van der Waals surface area contributed by atoms with Crippen LogP contribution in [0.4, 0.5) is 0 Å². The van der Waals surface area contributed by atoms with Crippen molar-refractivity contribution in [2.24, 2.45) is 0 Å². The van der Waals surface area contributed by atoms with Crippen molar-refractivity contribution in [3.63, 3.8) is 0 Å². The number of aryl methyl sites for hydroxylation is 2. The molecular weight excluding hydrogens is 380 g/mol. The summed E-state index contributed by atoms with van der Waals surface area (Å²) in [4.78, 5) is 30.7. The van der Waals surface area contributed by atoms with Gasteiger partial charge in [0.2, 0.25) is 0 Å². The van der Waals surface area contributed by atoms with Crippen LogP contribution in [0.15, 0.2) is 58.7 Å². The molecule has 0 aliphatic rings. The van der Waals surface area contributed by atoms with Gasteiger partial charge in [0.05, 0.1) is 5.39 Å². The first-order valence-electron chi connectivity index (χ1n) is 9.60. The topological polar surface area (TPSA) is 52.0 Å². The van der Waals surface area contributed by atoms with Crippen LogP contribution in [0.1, 0.15) is 24.5 Å². The minimum Gasteiger partial charge on any atom is -0.300 e. The monoisotopic (exact) mass is 402 g/mol. The summed E-state index contributed by atoms with van der Waals surface area (Å²) in [5.41, 5.74) is 5.11. The third-order valence-electron chi connectivity index (χ3n) is 5.23. The van der Waals surface area contributed by atoms with Crippen molar-refractivity contribution in [3.8, 4) is 22.5 Å². The molecule has 4 rings (SSSR count). The first kappa shape index (κ1) is 19.3. The summed E-state index contributed by atoms with van der Waals surface area (Å²) in [5, 5.41) is 2.63. The zero-order chi connectivity index (χ0) is 20.5. The Morgan fingerprint density at radius 3 is 2.48 bits per heavy atom. The third-order valence-corrected chi connectivity index (χ3v) is 6.10. The summed E-state index contributed by atoms with van der Waals surface area (Å²) in [6, 6.07) is 15.9. The molecule has 2 heterocycles. The number of carbonyl (C=O) groups excluding carboxylic acids is 1. The molecule has 0 fully saturated rings. The molecule has 0 saturated heterocycles. The molecule has 0 aliphatic carbocycles. The van der Waals surface area contributed by atoms with Gasteiger partial charge >= 0.3 is 0 Å². The van der Waals surface area contributed by atoms with E-state index in [1.807, 2.05) is 41.8 Å². The predicted molar refractivity (Wildman–Crippen MR) is 120 cm³/mol. The maximum Gasteiger partial charge on any atom is 0.263 e. The molecule has 0 saturated carbocycles. The number of Topliss-reactive ketones (excluding diaryl/α,β-unsaturated/α-hetero) is 1. The lowest BCUT2D eigenvalue weighted by Gasteiger charge is -2.13. The number of thiophene rings is 1. The second-order valence-electron chi connectivity index (χ2n) is 7.34. The first-order chi connectivity index (χ1) is 14.0. The van der Waals surface area contributed by atoms with Crippen LogP contribution in [0.25, 0.3) is 32.7 Å². The molecule has 146 valence electrons. The van der Waals surface area contributed by atoms with Crippen LogP contribution in [0.5, 0.6) is 0 Å². The van der Waals surface area contributed by atoms with Crippen molar-refractivity contribution in [2.45, 2.75) is 33.7 Å². The van der Waals surface area contributed by atoms with Gasteiger partial charge in [-0.1, -0.05) is 48.5 Å². The van der Waals surface area contributed by atoms with Gasteiger partial charge in [-0.2, -0.15) is 0 Å². The van der Waals surface area contributed by atoms with Gasteiger partial charge in [0.15, 0.2) is 0 Å². The van der Waals surface area contributed by atoms with Gasteiger partial charge in [0.1, 0.15) is 16.4 Å². The number of hydrogen-bond acceptors (Lipinski definition) is 4. The van der Waals surface area contributed by atoms with Crippen LogP contribution in [-0.2, 0) is 11.3 Å². The molecular formula is C24H22N2O2S. The van der Waals surface area contributed by atoms with E-state index in [0.717, 1.165) is 21.5 Å². The Kier molecular flexibility index (Phi) is 5.16. The maximum absolute atomic E-state index is 13.6. The normalized spacial score (nSPS) is 11.1. The maximum atomic E-state index is 13.6. The van der Waals surface area contributed by atoms with Gasteiger partial charge in [0, 0.05) is 29.5 Å². The lowest BCUT2D eigenvalue weighted by Crippen LogP contribution is -2.24. The quantitative estimate of drug-likeness (QED) is 0.450. The standard InChI is InChI=1S/C24H22N2O2S/c1-15-9-10-19(13-16(15)2)20-14-29-23-21(20)24(28)26(12-11-17(3)27)22(25-23)18-7-5-4-6-8-18/h4-10,13-14H,11-12H2,1-3H3.